The lowest BCUT2D eigenvalue weighted by atomic mass is 9.87. The molecule has 31 heavy (non-hydrogen) atoms. The number of piperidine rings is 2. The Morgan fingerprint density at radius 3 is 2.68 bits per heavy atom. The molecule has 3 aliphatic rings. The number of amides is 4. The van der Waals surface area contributed by atoms with Crippen LogP contribution in [0, 0.1) is 6.92 Å². The third-order valence-electron chi connectivity index (χ3n) is 6.99. The number of benzene rings is 1. The lowest BCUT2D eigenvalue weighted by Gasteiger charge is -2.39. The molecule has 3 saturated heterocycles. The van der Waals surface area contributed by atoms with Crippen LogP contribution in [-0.4, -0.2) is 76.8 Å². The number of likely N-dealkylation sites (tertiary alicyclic amines) is 2. The number of carbonyl (C=O) groups excluding carboxylic acids is 3. The van der Waals surface area contributed by atoms with Crippen molar-refractivity contribution in [1.82, 2.24) is 20.0 Å². The Kier molecular flexibility index (Phi) is 6.32. The minimum Gasteiger partial charge on any atom is -0.340 e. The van der Waals surface area contributed by atoms with Crippen molar-refractivity contribution in [1.29, 1.82) is 0 Å². The maximum Gasteiger partial charge on any atom is 0.325 e. The number of urea groups is 1. The second-order valence-corrected chi connectivity index (χ2v) is 9.33. The van der Waals surface area contributed by atoms with E-state index in [1.807, 2.05) is 36.1 Å². The van der Waals surface area contributed by atoms with Crippen LogP contribution in [0.5, 0.6) is 0 Å². The molecule has 1 aromatic rings. The first-order valence-electron chi connectivity index (χ1n) is 11.6. The highest BCUT2D eigenvalue weighted by atomic mass is 16.2. The smallest absolute Gasteiger partial charge is 0.325 e. The Morgan fingerprint density at radius 2 is 1.97 bits per heavy atom. The summed E-state index contributed by atoms with van der Waals surface area (Å²) in [4.78, 5) is 44.8. The summed E-state index contributed by atoms with van der Waals surface area (Å²) < 4.78 is 0. The van der Waals surface area contributed by atoms with Gasteiger partial charge in [0.2, 0.25) is 5.91 Å². The number of rotatable bonds is 5. The number of hydrogen-bond donors (Lipinski definition) is 1. The molecular formula is C24H34N4O3. The van der Waals surface area contributed by atoms with Crippen LogP contribution in [0.15, 0.2) is 24.3 Å². The molecule has 1 N–H and O–H groups in total. The highest BCUT2D eigenvalue weighted by Gasteiger charge is 2.54. The van der Waals surface area contributed by atoms with Crippen molar-refractivity contribution in [2.45, 2.75) is 64.0 Å². The first-order valence-corrected chi connectivity index (χ1v) is 11.6. The monoisotopic (exact) mass is 426 g/mol. The molecule has 7 heteroatoms. The summed E-state index contributed by atoms with van der Waals surface area (Å²) in [5, 5.41) is 3.03. The fourth-order valence-electron chi connectivity index (χ4n) is 5.29. The SMILES string of the molecule is CCCN1CCC2(CC1)NC(=O)N(C1CCCN(C(=O)Cc3cccc(C)c3)C1)C2=O. The predicted molar refractivity (Wildman–Crippen MR) is 119 cm³/mol. The molecule has 0 aromatic heterocycles. The molecule has 7 nitrogen and oxygen atoms in total. The van der Waals surface area contributed by atoms with E-state index < -0.39 is 5.54 Å². The molecule has 4 amide bonds. The van der Waals surface area contributed by atoms with Crippen molar-refractivity contribution in [2.75, 3.05) is 32.7 Å². The fraction of sp³-hybridized carbons (Fsp3) is 0.625. The van der Waals surface area contributed by atoms with Gasteiger partial charge in [0.25, 0.3) is 5.91 Å². The van der Waals surface area contributed by atoms with Crippen LogP contribution in [0.4, 0.5) is 4.79 Å². The van der Waals surface area contributed by atoms with Crippen molar-refractivity contribution in [2.24, 2.45) is 0 Å². The number of hydrogen-bond acceptors (Lipinski definition) is 4. The quantitative estimate of drug-likeness (QED) is 0.734. The lowest BCUT2D eigenvalue weighted by Crippen LogP contribution is -2.56. The zero-order valence-electron chi connectivity index (χ0n) is 18.7. The van der Waals surface area contributed by atoms with Crippen LogP contribution < -0.4 is 5.32 Å². The Bertz CT molecular complexity index is 847. The van der Waals surface area contributed by atoms with E-state index in [1.54, 1.807) is 0 Å². The molecule has 3 aliphatic heterocycles. The molecule has 0 radical (unpaired) electrons. The molecule has 1 unspecified atom stereocenters. The Morgan fingerprint density at radius 1 is 1.19 bits per heavy atom. The highest BCUT2D eigenvalue weighted by molar-refractivity contribution is 6.07. The minimum atomic E-state index is -0.755. The average molecular weight is 427 g/mol. The van der Waals surface area contributed by atoms with Gasteiger partial charge < -0.3 is 15.1 Å². The minimum absolute atomic E-state index is 0.0601. The molecule has 0 saturated carbocycles. The van der Waals surface area contributed by atoms with E-state index in [4.69, 9.17) is 0 Å². The third kappa shape index (κ3) is 4.47. The maximum atomic E-state index is 13.4. The lowest BCUT2D eigenvalue weighted by molar-refractivity contribution is -0.138. The van der Waals surface area contributed by atoms with Crippen molar-refractivity contribution in [3.05, 3.63) is 35.4 Å². The maximum absolute atomic E-state index is 13.4. The van der Waals surface area contributed by atoms with E-state index >= 15 is 0 Å². The normalized spacial score (nSPS) is 24.0. The van der Waals surface area contributed by atoms with Crippen molar-refractivity contribution >= 4 is 17.8 Å². The first-order chi connectivity index (χ1) is 14.9. The Hall–Kier alpha value is -2.41. The van der Waals surface area contributed by atoms with Gasteiger partial charge in [-0.2, -0.15) is 0 Å². The largest absolute Gasteiger partial charge is 0.340 e. The molecule has 4 rings (SSSR count). The van der Waals surface area contributed by atoms with Gasteiger partial charge in [-0.25, -0.2) is 4.79 Å². The number of nitrogens with one attached hydrogen (secondary N) is 1. The summed E-state index contributed by atoms with van der Waals surface area (Å²) in [5.74, 6) is -0.0310. The van der Waals surface area contributed by atoms with E-state index in [0.717, 1.165) is 50.0 Å². The van der Waals surface area contributed by atoms with Gasteiger partial charge in [-0.3, -0.25) is 14.5 Å². The van der Waals surface area contributed by atoms with Gasteiger partial charge in [0.1, 0.15) is 5.54 Å². The van der Waals surface area contributed by atoms with Crippen LogP contribution in [0.3, 0.4) is 0 Å². The summed E-state index contributed by atoms with van der Waals surface area (Å²) in [7, 11) is 0. The number of carbonyl (C=O) groups is 3. The second kappa shape index (κ2) is 8.99. The van der Waals surface area contributed by atoms with E-state index in [-0.39, 0.29) is 23.9 Å². The van der Waals surface area contributed by atoms with Crippen LogP contribution in [0.1, 0.15) is 50.2 Å². The van der Waals surface area contributed by atoms with Gasteiger partial charge in [-0.05, 0) is 51.1 Å². The number of aryl methyl sites for hydroxylation is 1. The average Bonchev–Trinajstić information content (AvgIpc) is 2.99. The van der Waals surface area contributed by atoms with Crippen LogP contribution in [0.2, 0.25) is 0 Å². The van der Waals surface area contributed by atoms with Gasteiger partial charge in [0.05, 0.1) is 12.5 Å². The molecule has 168 valence electrons. The molecule has 3 heterocycles. The summed E-state index contributed by atoms with van der Waals surface area (Å²) >= 11 is 0. The van der Waals surface area contributed by atoms with Crippen molar-refractivity contribution in [3.8, 4) is 0 Å². The molecule has 3 fully saturated rings. The number of imide groups is 1. The number of nitrogens with zero attached hydrogens (tertiary/aromatic N) is 3. The summed E-state index contributed by atoms with van der Waals surface area (Å²) in [6.45, 7) is 7.99. The summed E-state index contributed by atoms with van der Waals surface area (Å²) in [5.41, 5.74) is 1.38. The van der Waals surface area contributed by atoms with Gasteiger partial charge in [-0.1, -0.05) is 36.8 Å². The van der Waals surface area contributed by atoms with Crippen LogP contribution >= 0.6 is 0 Å². The van der Waals surface area contributed by atoms with Gasteiger partial charge in [0.15, 0.2) is 0 Å². The molecule has 1 atom stereocenters. The molecule has 0 bridgehead atoms. The van der Waals surface area contributed by atoms with E-state index in [2.05, 4.69) is 17.1 Å². The first kappa shape index (κ1) is 21.8. The second-order valence-electron chi connectivity index (χ2n) is 9.33. The zero-order valence-corrected chi connectivity index (χ0v) is 18.7. The molecule has 1 spiro atoms. The molecular weight excluding hydrogens is 392 g/mol. The highest BCUT2D eigenvalue weighted by Crippen LogP contribution is 2.32. The van der Waals surface area contributed by atoms with Crippen LogP contribution in [0.25, 0.3) is 0 Å². The Balaban J connectivity index is 1.40. The fourth-order valence-corrected chi connectivity index (χ4v) is 5.29. The predicted octanol–water partition coefficient (Wildman–Crippen LogP) is 2.32. The van der Waals surface area contributed by atoms with Gasteiger partial charge in [-0.15, -0.1) is 0 Å². The Labute approximate surface area is 184 Å². The molecule has 1 aromatic carbocycles. The van der Waals surface area contributed by atoms with E-state index in [0.29, 0.717) is 32.4 Å². The van der Waals surface area contributed by atoms with E-state index in [9.17, 15) is 14.4 Å². The van der Waals surface area contributed by atoms with E-state index in [1.165, 1.54) is 4.90 Å². The van der Waals surface area contributed by atoms with Crippen molar-refractivity contribution in [3.63, 3.8) is 0 Å². The standard InChI is InChI=1S/C24H34N4O3/c1-3-11-26-13-9-24(10-14-26)22(30)28(23(31)25-24)20-8-5-12-27(17-20)21(29)16-19-7-4-6-18(2)15-19/h4,6-7,15,20H,3,5,8-14,16-17H2,1-2H3,(H,25,31). The van der Waals surface area contributed by atoms with Gasteiger partial charge in [0, 0.05) is 26.2 Å². The van der Waals surface area contributed by atoms with Gasteiger partial charge >= 0.3 is 6.03 Å². The zero-order chi connectivity index (χ0) is 22.0. The summed E-state index contributed by atoms with van der Waals surface area (Å²) in [6.07, 6.45) is 4.33. The molecule has 0 aliphatic carbocycles. The topological polar surface area (TPSA) is 73.0 Å². The van der Waals surface area contributed by atoms with Crippen LogP contribution in [-0.2, 0) is 16.0 Å². The third-order valence-corrected chi connectivity index (χ3v) is 6.99. The summed E-state index contributed by atoms with van der Waals surface area (Å²) in [6, 6.07) is 7.47. The van der Waals surface area contributed by atoms with Crippen molar-refractivity contribution < 1.29 is 14.4 Å².